The number of fused-ring (bicyclic) bond motifs is 1. The molecule has 0 saturated heterocycles. The summed E-state index contributed by atoms with van der Waals surface area (Å²) in [7, 11) is 0. The molecule has 0 aliphatic carbocycles. The van der Waals surface area contributed by atoms with Crippen LogP contribution in [0.25, 0.3) is 11.5 Å². The molecule has 1 aliphatic heterocycles. The number of rotatable bonds is 5. The lowest BCUT2D eigenvalue weighted by molar-refractivity contribution is 0.134. The van der Waals surface area contributed by atoms with Gasteiger partial charge >= 0.3 is 0 Å². The molecule has 2 heterocycles. The topological polar surface area (TPSA) is 60.2 Å². The second-order valence-corrected chi connectivity index (χ2v) is 4.94. The molecule has 3 rings (SSSR count). The van der Waals surface area contributed by atoms with Crippen LogP contribution in [0.1, 0.15) is 43.3 Å². The van der Waals surface area contributed by atoms with E-state index in [0.29, 0.717) is 25.0 Å². The smallest absolute Gasteiger partial charge is 0.247 e. The van der Waals surface area contributed by atoms with Crippen LogP contribution in [0, 0.1) is 0 Å². The molecule has 0 spiro atoms. The van der Waals surface area contributed by atoms with Crippen molar-refractivity contribution >= 4 is 0 Å². The highest BCUT2D eigenvalue weighted by atomic mass is 16.5. The van der Waals surface area contributed by atoms with Crippen LogP contribution in [-0.2, 0) is 18.0 Å². The van der Waals surface area contributed by atoms with Gasteiger partial charge in [-0.2, -0.15) is 0 Å². The lowest BCUT2D eigenvalue weighted by Gasteiger charge is -2.10. The fourth-order valence-electron chi connectivity index (χ4n) is 2.45. The van der Waals surface area contributed by atoms with E-state index in [-0.39, 0.29) is 6.04 Å². The van der Waals surface area contributed by atoms with E-state index in [1.807, 2.05) is 6.07 Å². The largest absolute Gasteiger partial charge is 0.419 e. The first-order chi connectivity index (χ1) is 9.81. The SMILES string of the molecule is CCNC(CC)c1nnc(-c2ccc3c(c2)COC3)o1. The monoisotopic (exact) mass is 273 g/mol. The van der Waals surface area contributed by atoms with E-state index >= 15 is 0 Å². The van der Waals surface area contributed by atoms with Gasteiger partial charge in [0.1, 0.15) is 0 Å². The van der Waals surface area contributed by atoms with Crippen molar-refractivity contribution in [2.24, 2.45) is 0 Å². The van der Waals surface area contributed by atoms with Crippen molar-refractivity contribution in [3.8, 4) is 11.5 Å². The first-order valence-corrected chi connectivity index (χ1v) is 7.08. The van der Waals surface area contributed by atoms with Gasteiger partial charge in [-0.1, -0.05) is 19.9 Å². The zero-order chi connectivity index (χ0) is 13.9. The predicted molar refractivity (Wildman–Crippen MR) is 74.9 cm³/mol. The minimum Gasteiger partial charge on any atom is -0.419 e. The van der Waals surface area contributed by atoms with Crippen LogP contribution in [0.15, 0.2) is 22.6 Å². The Bertz CT molecular complexity index is 595. The van der Waals surface area contributed by atoms with E-state index in [9.17, 15) is 0 Å². The first-order valence-electron chi connectivity index (χ1n) is 7.08. The third-order valence-electron chi connectivity index (χ3n) is 3.57. The molecule has 1 aromatic carbocycles. The van der Waals surface area contributed by atoms with Crippen molar-refractivity contribution in [2.45, 2.75) is 39.5 Å². The maximum Gasteiger partial charge on any atom is 0.247 e. The third kappa shape index (κ3) is 2.46. The highest BCUT2D eigenvalue weighted by Crippen LogP contribution is 2.27. The summed E-state index contributed by atoms with van der Waals surface area (Å²) >= 11 is 0. The lowest BCUT2D eigenvalue weighted by atomic mass is 10.1. The summed E-state index contributed by atoms with van der Waals surface area (Å²) in [6.45, 7) is 6.42. The van der Waals surface area contributed by atoms with Crippen LogP contribution in [0.5, 0.6) is 0 Å². The van der Waals surface area contributed by atoms with Crippen molar-refractivity contribution in [2.75, 3.05) is 6.54 Å². The standard InChI is InChI=1S/C15H19N3O2/c1-3-13(16-4-2)15-18-17-14(20-15)10-5-6-11-8-19-9-12(11)7-10/h5-7,13,16H,3-4,8-9H2,1-2H3. The Hall–Kier alpha value is -1.72. The number of benzene rings is 1. The van der Waals surface area contributed by atoms with Gasteiger partial charge in [0, 0.05) is 5.56 Å². The van der Waals surface area contributed by atoms with Gasteiger partial charge in [-0.25, -0.2) is 0 Å². The summed E-state index contributed by atoms with van der Waals surface area (Å²) in [5.41, 5.74) is 3.41. The third-order valence-corrected chi connectivity index (χ3v) is 3.57. The molecule has 1 aliphatic rings. The molecule has 20 heavy (non-hydrogen) atoms. The van der Waals surface area contributed by atoms with E-state index in [4.69, 9.17) is 9.15 Å². The van der Waals surface area contributed by atoms with Crippen LogP contribution in [-0.4, -0.2) is 16.7 Å². The summed E-state index contributed by atoms with van der Waals surface area (Å²) in [5, 5.41) is 11.7. The second-order valence-electron chi connectivity index (χ2n) is 4.94. The van der Waals surface area contributed by atoms with E-state index in [1.165, 1.54) is 11.1 Å². The molecule has 1 unspecified atom stereocenters. The molecule has 0 radical (unpaired) electrons. The van der Waals surface area contributed by atoms with Crippen LogP contribution < -0.4 is 5.32 Å². The fraction of sp³-hybridized carbons (Fsp3) is 0.467. The summed E-state index contributed by atoms with van der Waals surface area (Å²) < 4.78 is 11.2. The molecule has 0 fully saturated rings. The summed E-state index contributed by atoms with van der Waals surface area (Å²) in [4.78, 5) is 0. The lowest BCUT2D eigenvalue weighted by Crippen LogP contribution is -2.20. The quantitative estimate of drug-likeness (QED) is 0.907. The molecule has 1 aromatic heterocycles. The molecule has 5 nitrogen and oxygen atoms in total. The van der Waals surface area contributed by atoms with E-state index in [2.05, 4.69) is 41.5 Å². The van der Waals surface area contributed by atoms with Crippen molar-refractivity contribution in [1.82, 2.24) is 15.5 Å². The van der Waals surface area contributed by atoms with E-state index in [1.54, 1.807) is 0 Å². The Kier molecular flexibility index (Phi) is 3.80. The summed E-state index contributed by atoms with van der Waals surface area (Å²) in [6, 6.07) is 6.29. The van der Waals surface area contributed by atoms with Crippen molar-refractivity contribution in [3.63, 3.8) is 0 Å². The zero-order valence-corrected chi connectivity index (χ0v) is 11.8. The maximum absolute atomic E-state index is 5.81. The van der Waals surface area contributed by atoms with E-state index < -0.39 is 0 Å². The van der Waals surface area contributed by atoms with Gasteiger partial charge in [0.05, 0.1) is 19.3 Å². The van der Waals surface area contributed by atoms with Crippen molar-refractivity contribution in [3.05, 3.63) is 35.2 Å². The first kappa shape index (κ1) is 13.3. The average Bonchev–Trinajstić information content (AvgIpc) is 3.12. The minimum atomic E-state index is 0.124. The fourth-order valence-corrected chi connectivity index (χ4v) is 2.45. The Morgan fingerprint density at radius 1 is 1.20 bits per heavy atom. The number of aromatic nitrogens is 2. The number of nitrogens with zero attached hydrogens (tertiary/aromatic N) is 2. The van der Waals surface area contributed by atoms with Crippen LogP contribution in [0.4, 0.5) is 0 Å². The van der Waals surface area contributed by atoms with Gasteiger partial charge in [-0.3, -0.25) is 0 Å². The van der Waals surface area contributed by atoms with Gasteiger partial charge in [-0.05, 0) is 36.2 Å². The molecule has 2 aromatic rings. The number of hydrogen-bond donors (Lipinski definition) is 1. The van der Waals surface area contributed by atoms with Crippen LogP contribution in [0.3, 0.4) is 0 Å². The zero-order valence-electron chi connectivity index (χ0n) is 11.8. The van der Waals surface area contributed by atoms with Gasteiger partial charge in [-0.15, -0.1) is 10.2 Å². The molecule has 1 atom stereocenters. The van der Waals surface area contributed by atoms with Gasteiger partial charge in [0.25, 0.3) is 0 Å². The molecular formula is C15H19N3O2. The Morgan fingerprint density at radius 3 is 2.85 bits per heavy atom. The van der Waals surface area contributed by atoms with Crippen LogP contribution >= 0.6 is 0 Å². The predicted octanol–water partition coefficient (Wildman–Crippen LogP) is 2.83. The van der Waals surface area contributed by atoms with Gasteiger partial charge in [0.2, 0.25) is 11.8 Å². The minimum absolute atomic E-state index is 0.124. The Balaban J connectivity index is 1.86. The number of hydrogen-bond acceptors (Lipinski definition) is 5. The van der Waals surface area contributed by atoms with Gasteiger partial charge in [0.15, 0.2) is 0 Å². The molecule has 106 valence electrons. The maximum atomic E-state index is 5.81. The molecular weight excluding hydrogens is 254 g/mol. The molecule has 0 saturated carbocycles. The van der Waals surface area contributed by atoms with Crippen molar-refractivity contribution in [1.29, 1.82) is 0 Å². The Labute approximate surface area is 118 Å². The highest BCUT2D eigenvalue weighted by Gasteiger charge is 2.18. The highest BCUT2D eigenvalue weighted by molar-refractivity contribution is 5.55. The second kappa shape index (κ2) is 5.73. The van der Waals surface area contributed by atoms with E-state index in [0.717, 1.165) is 18.5 Å². The molecule has 1 N–H and O–H groups in total. The van der Waals surface area contributed by atoms with Crippen LogP contribution in [0.2, 0.25) is 0 Å². The van der Waals surface area contributed by atoms with Crippen molar-refractivity contribution < 1.29 is 9.15 Å². The summed E-state index contributed by atoms with van der Waals surface area (Å²) in [5.74, 6) is 1.23. The number of nitrogens with one attached hydrogen (secondary N) is 1. The molecule has 0 amide bonds. The Morgan fingerprint density at radius 2 is 2.05 bits per heavy atom. The average molecular weight is 273 g/mol. The summed E-state index contributed by atoms with van der Waals surface area (Å²) in [6.07, 6.45) is 0.924. The number of ether oxygens (including phenoxy) is 1. The molecule has 5 heteroatoms. The van der Waals surface area contributed by atoms with Gasteiger partial charge < -0.3 is 14.5 Å². The molecule has 0 bridgehead atoms. The normalized spacial score (nSPS) is 15.3.